The summed E-state index contributed by atoms with van der Waals surface area (Å²) >= 11 is 0. The Kier molecular flexibility index (Phi) is 6.78. The van der Waals surface area contributed by atoms with Crippen molar-refractivity contribution in [3.05, 3.63) is 0 Å². The van der Waals surface area contributed by atoms with Gasteiger partial charge in [0.25, 0.3) is 0 Å². The molecule has 0 bridgehead atoms. The molecule has 0 spiro atoms. The van der Waals surface area contributed by atoms with Crippen molar-refractivity contribution in [1.82, 2.24) is 16.0 Å². The van der Waals surface area contributed by atoms with E-state index in [9.17, 15) is 14.4 Å². The monoisotopic (exact) mass is 287 g/mol. The molecule has 0 aromatic rings. The van der Waals surface area contributed by atoms with Crippen LogP contribution in [0.25, 0.3) is 0 Å². The van der Waals surface area contributed by atoms with E-state index in [1.807, 2.05) is 0 Å². The van der Waals surface area contributed by atoms with E-state index in [0.29, 0.717) is 6.04 Å². The van der Waals surface area contributed by atoms with Gasteiger partial charge in [-0.1, -0.05) is 0 Å². The molecule has 1 fully saturated rings. The lowest BCUT2D eigenvalue weighted by Crippen LogP contribution is -2.42. The third-order valence-corrected chi connectivity index (χ3v) is 2.81. The number of methoxy groups -OCH3 is 1. The van der Waals surface area contributed by atoms with E-state index >= 15 is 0 Å². The first-order valence-electron chi connectivity index (χ1n) is 6.57. The van der Waals surface area contributed by atoms with Crippen LogP contribution < -0.4 is 16.0 Å². The molecule has 8 nitrogen and oxygen atoms in total. The lowest BCUT2D eigenvalue weighted by molar-refractivity contribution is -0.139. The highest BCUT2D eigenvalue weighted by Crippen LogP contribution is 2.18. The second-order valence-corrected chi connectivity index (χ2v) is 4.68. The molecule has 1 aliphatic rings. The van der Waals surface area contributed by atoms with Crippen LogP contribution in [0.3, 0.4) is 0 Å². The summed E-state index contributed by atoms with van der Waals surface area (Å²) in [5.41, 5.74) is 0. The maximum atomic E-state index is 11.4. The highest BCUT2D eigenvalue weighted by atomic mass is 16.5. The normalized spacial score (nSPS) is 15.2. The van der Waals surface area contributed by atoms with Gasteiger partial charge in [-0.2, -0.15) is 0 Å². The Hall–Kier alpha value is -1.83. The number of carbonyl (C=O) groups excluding carboxylic acids is 2. The molecule has 0 aromatic carbocycles. The minimum atomic E-state index is -0.990. The van der Waals surface area contributed by atoms with Crippen molar-refractivity contribution >= 4 is 17.9 Å². The van der Waals surface area contributed by atoms with Crippen molar-refractivity contribution in [2.45, 2.75) is 37.8 Å². The Morgan fingerprint density at radius 2 is 2.00 bits per heavy atom. The fraction of sp³-hybridized carbons (Fsp3) is 0.750. The van der Waals surface area contributed by atoms with Crippen molar-refractivity contribution in [3.63, 3.8) is 0 Å². The Balaban J connectivity index is 2.06. The van der Waals surface area contributed by atoms with Crippen molar-refractivity contribution in [3.8, 4) is 0 Å². The summed E-state index contributed by atoms with van der Waals surface area (Å²) in [6.45, 7) is 0.337. The topological polar surface area (TPSA) is 117 Å². The van der Waals surface area contributed by atoms with Gasteiger partial charge in [-0.05, 0) is 12.8 Å². The summed E-state index contributed by atoms with van der Waals surface area (Å²) in [5.74, 6) is -1.07. The number of rotatable bonds is 9. The summed E-state index contributed by atoms with van der Waals surface area (Å²) in [6.07, 6.45) is 1.53. The predicted molar refractivity (Wildman–Crippen MR) is 70.2 cm³/mol. The van der Waals surface area contributed by atoms with E-state index < -0.39 is 18.1 Å². The molecular formula is C12H21N3O5. The maximum absolute atomic E-state index is 11.4. The number of nitrogens with one attached hydrogen (secondary N) is 3. The third kappa shape index (κ3) is 7.57. The molecule has 1 atom stereocenters. The molecule has 0 aromatic heterocycles. The van der Waals surface area contributed by atoms with E-state index in [2.05, 4.69) is 16.0 Å². The van der Waals surface area contributed by atoms with E-state index in [4.69, 9.17) is 9.84 Å². The van der Waals surface area contributed by atoms with Gasteiger partial charge in [0, 0.05) is 32.7 Å². The van der Waals surface area contributed by atoms with Crippen LogP contribution in [0, 0.1) is 0 Å². The standard InChI is InChI=1S/C12H21N3O5/c1-20-9(6-11(17)18)7-14-12(19)13-5-4-10(16)15-8-2-3-8/h8-9H,2-7H2,1H3,(H,15,16)(H,17,18)(H2,13,14,19). The summed E-state index contributed by atoms with van der Waals surface area (Å²) < 4.78 is 4.92. The first kappa shape index (κ1) is 16.2. The Morgan fingerprint density at radius 3 is 2.55 bits per heavy atom. The number of hydrogen-bond acceptors (Lipinski definition) is 4. The molecule has 1 aliphatic carbocycles. The fourth-order valence-corrected chi connectivity index (χ4v) is 1.52. The third-order valence-electron chi connectivity index (χ3n) is 2.81. The van der Waals surface area contributed by atoms with Crippen LogP contribution in [-0.2, 0) is 14.3 Å². The maximum Gasteiger partial charge on any atom is 0.314 e. The SMILES string of the molecule is COC(CNC(=O)NCCC(=O)NC1CC1)CC(=O)O. The van der Waals surface area contributed by atoms with Crippen molar-refractivity contribution in [1.29, 1.82) is 0 Å². The number of hydrogen-bond donors (Lipinski definition) is 4. The van der Waals surface area contributed by atoms with Crippen LogP contribution in [0.4, 0.5) is 4.79 Å². The van der Waals surface area contributed by atoms with Crippen molar-refractivity contribution in [2.75, 3.05) is 20.2 Å². The van der Waals surface area contributed by atoms with Crippen molar-refractivity contribution < 1.29 is 24.2 Å². The number of aliphatic carboxylic acids is 1. The second-order valence-electron chi connectivity index (χ2n) is 4.68. The zero-order valence-electron chi connectivity index (χ0n) is 11.5. The van der Waals surface area contributed by atoms with Gasteiger partial charge in [-0.15, -0.1) is 0 Å². The highest BCUT2D eigenvalue weighted by molar-refractivity contribution is 5.78. The van der Waals surface area contributed by atoms with Crippen LogP contribution in [0.15, 0.2) is 0 Å². The van der Waals surface area contributed by atoms with Gasteiger partial charge in [0.1, 0.15) is 0 Å². The van der Waals surface area contributed by atoms with Crippen LogP contribution in [0.2, 0.25) is 0 Å². The van der Waals surface area contributed by atoms with Crippen LogP contribution in [0.1, 0.15) is 25.7 Å². The van der Waals surface area contributed by atoms with E-state index in [-0.39, 0.29) is 31.8 Å². The average molecular weight is 287 g/mol. The Bertz CT molecular complexity index is 357. The average Bonchev–Trinajstić information content (AvgIpc) is 3.17. The summed E-state index contributed by atoms with van der Waals surface area (Å²) in [7, 11) is 1.38. The molecule has 8 heteroatoms. The quantitative estimate of drug-likeness (QED) is 0.454. The Labute approximate surface area is 117 Å². The molecule has 3 amide bonds. The largest absolute Gasteiger partial charge is 0.481 e. The van der Waals surface area contributed by atoms with Gasteiger partial charge in [0.15, 0.2) is 0 Å². The summed E-state index contributed by atoms with van der Waals surface area (Å²) in [4.78, 5) is 33.2. The molecule has 1 saturated carbocycles. The van der Waals surface area contributed by atoms with Crippen LogP contribution in [-0.4, -0.2) is 55.4 Å². The number of carboxylic acids is 1. The first-order chi connectivity index (χ1) is 9.51. The van der Waals surface area contributed by atoms with Gasteiger partial charge < -0.3 is 25.8 Å². The molecule has 0 radical (unpaired) electrons. The number of carboxylic acid groups (broad SMARTS) is 1. The van der Waals surface area contributed by atoms with Gasteiger partial charge in [0.2, 0.25) is 5.91 Å². The van der Waals surface area contributed by atoms with Crippen LogP contribution >= 0.6 is 0 Å². The van der Waals surface area contributed by atoms with Gasteiger partial charge in [-0.25, -0.2) is 4.79 Å². The zero-order chi connectivity index (χ0) is 15.0. The number of urea groups is 1. The Morgan fingerprint density at radius 1 is 1.30 bits per heavy atom. The van der Waals surface area contributed by atoms with Gasteiger partial charge >= 0.3 is 12.0 Å². The van der Waals surface area contributed by atoms with Crippen molar-refractivity contribution in [2.24, 2.45) is 0 Å². The predicted octanol–water partition coefficient (Wildman–Crippen LogP) is -0.556. The minimum Gasteiger partial charge on any atom is -0.481 e. The van der Waals surface area contributed by atoms with Crippen LogP contribution in [0.5, 0.6) is 0 Å². The number of carbonyl (C=O) groups is 3. The fourth-order valence-electron chi connectivity index (χ4n) is 1.52. The van der Waals surface area contributed by atoms with E-state index in [1.165, 1.54) is 7.11 Å². The summed E-state index contributed by atoms with van der Waals surface area (Å²) in [5, 5.41) is 16.4. The molecule has 1 rings (SSSR count). The molecule has 1 unspecified atom stereocenters. The van der Waals surface area contributed by atoms with Gasteiger partial charge in [0.05, 0.1) is 12.5 Å². The lowest BCUT2D eigenvalue weighted by atomic mass is 10.2. The molecular weight excluding hydrogens is 266 g/mol. The zero-order valence-corrected chi connectivity index (χ0v) is 11.5. The lowest BCUT2D eigenvalue weighted by Gasteiger charge is -2.14. The highest BCUT2D eigenvalue weighted by Gasteiger charge is 2.22. The van der Waals surface area contributed by atoms with E-state index in [0.717, 1.165) is 12.8 Å². The second kappa shape index (κ2) is 8.36. The molecule has 4 N–H and O–H groups in total. The van der Waals surface area contributed by atoms with Gasteiger partial charge in [-0.3, -0.25) is 9.59 Å². The first-order valence-corrected chi connectivity index (χ1v) is 6.57. The molecule has 114 valence electrons. The van der Waals surface area contributed by atoms with E-state index in [1.54, 1.807) is 0 Å². The number of ether oxygens (including phenoxy) is 1. The smallest absolute Gasteiger partial charge is 0.314 e. The molecule has 0 aliphatic heterocycles. The summed E-state index contributed by atoms with van der Waals surface area (Å²) in [6, 6.07) is -0.133. The molecule has 20 heavy (non-hydrogen) atoms. The molecule has 0 saturated heterocycles. The number of amides is 3. The minimum absolute atomic E-state index is 0.0755. The molecule has 0 heterocycles.